The summed E-state index contributed by atoms with van der Waals surface area (Å²) >= 11 is 0. The number of benzene rings is 1. The zero-order valence-corrected chi connectivity index (χ0v) is 8.67. The second-order valence-electron chi connectivity index (χ2n) is 3.60. The van der Waals surface area contributed by atoms with Gasteiger partial charge in [-0.1, -0.05) is 0 Å². The molecular formula is C11H8O6. The maximum absolute atomic E-state index is 11.1. The van der Waals surface area contributed by atoms with Crippen LogP contribution in [0.3, 0.4) is 0 Å². The van der Waals surface area contributed by atoms with Gasteiger partial charge in [-0.15, -0.1) is 0 Å². The number of hydrogen-bond donors (Lipinski definition) is 0. The fourth-order valence-electron chi connectivity index (χ4n) is 1.66. The molecule has 0 atom stereocenters. The minimum Gasteiger partial charge on any atom is -0.454 e. The highest BCUT2D eigenvalue weighted by atomic mass is 16.7. The van der Waals surface area contributed by atoms with Gasteiger partial charge in [0.2, 0.25) is 6.79 Å². The standard InChI is InChI=1S/C11H8O6/c12-9-4-10(13)17-11(16-9)6-1-2-7-8(3-6)15-5-14-7/h1-3,11H,4-5H2. The molecule has 0 unspecified atom stereocenters. The third-order valence-electron chi connectivity index (χ3n) is 2.43. The Morgan fingerprint density at radius 1 is 1.00 bits per heavy atom. The Hall–Kier alpha value is -2.24. The van der Waals surface area contributed by atoms with Crippen molar-refractivity contribution >= 4 is 11.9 Å². The first kappa shape index (κ1) is 9.95. The third-order valence-corrected chi connectivity index (χ3v) is 2.43. The van der Waals surface area contributed by atoms with E-state index in [0.29, 0.717) is 17.1 Å². The Morgan fingerprint density at radius 2 is 1.71 bits per heavy atom. The highest BCUT2D eigenvalue weighted by molar-refractivity contribution is 5.92. The lowest BCUT2D eigenvalue weighted by Gasteiger charge is -2.22. The van der Waals surface area contributed by atoms with E-state index in [-0.39, 0.29) is 13.2 Å². The van der Waals surface area contributed by atoms with Crippen LogP contribution in [0.1, 0.15) is 18.3 Å². The molecule has 6 nitrogen and oxygen atoms in total. The lowest BCUT2D eigenvalue weighted by molar-refractivity contribution is -0.204. The summed E-state index contributed by atoms with van der Waals surface area (Å²) < 4.78 is 20.2. The van der Waals surface area contributed by atoms with Gasteiger partial charge in [-0.3, -0.25) is 9.59 Å². The Morgan fingerprint density at radius 3 is 2.47 bits per heavy atom. The topological polar surface area (TPSA) is 71.1 Å². The highest BCUT2D eigenvalue weighted by Crippen LogP contribution is 2.36. The van der Waals surface area contributed by atoms with Crippen molar-refractivity contribution in [3.63, 3.8) is 0 Å². The van der Waals surface area contributed by atoms with E-state index in [1.54, 1.807) is 18.2 Å². The lowest BCUT2D eigenvalue weighted by atomic mass is 10.2. The van der Waals surface area contributed by atoms with Crippen molar-refractivity contribution in [1.29, 1.82) is 0 Å². The summed E-state index contributed by atoms with van der Waals surface area (Å²) in [6.45, 7) is 0.156. The van der Waals surface area contributed by atoms with Gasteiger partial charge < -0.3 is 18.9 Å². The number of rotatable bonds is 1. The average Bonchev–Trinajstić information content (AvgIpc) is 2.74. The number of esters is 2. The fraction of sp³-hybridized carbons (Fsp3) is 0.273. The largest absolute Gasteiger partial charge is 0.454 e. The van der Waals surface area contributed by atoms with Gasteiger partial charge in [0.25, 0.3) is 6.29 Å². The predicted molar refractivity (Wildman–Crippen MR) is 52.1 cm³/mol. The maximum Gasteiger partial charge on any atom is 0.320 e. The number of fused-ring (bicyclic) bond motifs is 1. The molecule has 1 aromatic rings. The molecule has 0 aliphatic carbocycles. The van der Waals surface area contributed by atoms with Gasteiger partial charge in [-0.05, 0) is 18.2 Å². The molecule has 0 amide bonds. The van der Waals surface area contributed by atoms with Crippen molar-refractivity contribution in [3.05, 3.63) is 23.8 Å². The molecule has 88 valence electrons. The second kappa shape index (κ2) is 3.65. The molecule has 0 saturated carbocycles. The fourth-order valence-corrected chi connectivity index (χ4v) is 1.66. The Balaban J connectivity index is 1.88. The van der Waals surface area contributed by atoms with E-state index in [1.807, 2.05) is 0 Å². The molecule has 0 bridgehead atoms. The van der Waals surface area contributed by atoms with Crippen LogP contribution in [-0.4, -0.2) is 18.7 Å². The third kappa shape index (κ3) is 1.77. The van der Waals surface area contributed by atoms with Crippen molar-refractivity contribution in [2.45, 2.75) is 12.7 Å². The van der Waals surface area contributed by atoms with Gasteiger partial charge in [0.15, 0.2) is 11.5 Å². The molecule has 0 radical (unpaired) electrons. The number of carbonyl (C=O) groups is 2. The van der Waals surface area contributed by atoms with Gasteiger partial charge in [0.1, 0.15) is 6.42 Å². The van der Waals surface area contributed by atoms with E-state index >= 15 is 0 Å². The first-order valence-electron chi connectivity index (χ1n) is 5.01. The molecule has 2 aliphatic heterocycles. The monoisotopic (exact) mass is 236 g/mol. The van der Waals surface area contributed by atoms with Gasteiger partial charge in [0.05, 0.1) is 0 Å². The molecule has 3 rings (SSSR count). The molecule has 1 fully saturated rings. The van der Waals surface area contributed by atoms with E-state index in [4.69, 9.17) is 18.9 Å². The molecule has 2 heterocycles. The van der Waals surface area contributed by atoms with Crippen LogP contribution in [0.5, 0.6) is 11.5 Å². The van der Waals surface area contributed by atoms with Crippen LogP contribution in [-0.2, 0) is 19.1 Å². The van der Waals surface area contributed by atoms with Crippen molar-refractivity contribution in [1.82, 2.24) is 0 Å². The molecule has 0 N–H and O–H groups in total. The van der Waals surface area contributed by atoms with Crippen LogP contribution in [0.25, 0.3) is 0 Å². The van der Waals surface area contributed by atoms with E-state index in [9.17, 15) is 9.59 Å². The van der Waals surface area contributed by atoms with Gasteiger partial charge in [-0.25, -0.2) is 0 Å². The lowest BCUT2D eigenvalue weighted by Crippen LogP contribution is -2.26. The van der Waals surface area contributed by atoms with Crippen molar-refractivity contribution < 1.29 is 28.5 Å². The van der Waals surface area contributed by atoms with Gasteiger partial charge >= 0.3 is 11.9 Å². The van der Waals surface area contributed by atoms with E-state index < -0.39 is 18.2 Å². The molecule has 0 spiro atoms. The van der Waals surface area contributed by atoms with E-state index in [0.717, 1.165) is 0 Å². The number of cyclic esters (lactones) is 2. The predicted octanol–water partition coefficient (Wildman–Crippen LogP) is 0.904. The normalized spacial score (nSPS) is 18.8. The van der Waals surface area contributed by atoms with E-state index in [1.165, 1.54) is 0 Å². The Bertz CT molecular complexity index is 479. The van der Waals surface area contributed by atoms with Crippen LogP contribution in [0.2, 0.25) is 0 Å². The Kier molecular flexibility index (Phi) is 2.14. The molecule has 1 aromatic carbocycles. The summed E-state index contributed by atoms with van der Waals surface area (Å²) in [6, 6.07) is 4.96. The summed E-state index contributed by atoms with van der Waals surface area (Å²) in [5.41, 5.74) is 0.538. The van der Waals surface area contributed by atoms with Crippen LogP contribution >= 0.6 is 0 Å². The van der Waals surface area contributed by atoms with E-state index in [2.05, 4.69) is 0 Å². The highest BCUT2D eigenvalue weighted by Gasteiger charge is 2.30. The molecule has 0 aromatic heterocycles. The summed E-state index contributed by atoms with van der Waals surface area (Å²) in [7, 11) is 0. The minimum atomic E-state index is -1.00. The number of hydrogen-bond acceptors (Lipinski definition) is 6. The summed E-state index contributed by atoms with van der Waals surface area (Å²) in [6.07, 6.45) is -1.35. The first-order valence-corrected chi connectivity index (χ1v) is 5.01. The van der Waals surface area contributed by atoms with Crippen LogP contribution < -0.4 is 9.47 Å². The van der Waals surface area contributed by atoms with Crippen LogP contribution in [0.4, 0.5) is 0 Å². The number of carbonyl (C=O) groups excluding carboxylic acids is 2. The molecule has 17 heavy (non-hydrogen) atoms. The maximum atomic E-state index is 11.1. The van der Waals surface area contributed by atoms with Gasteiger partial charge in [0, 0.05) is 5.56 Å². The van der Waals surface area contributed by atoms with Crippen molar-refractivity contribution in [3.8, 4) is 11.5 Å². The van der Waals surface area contributed by atoms with Crippen LogP contribution in [0, 0.1) is 0 Å². The SMILES string of the molecule is O=C1CC(=O)OC(c2ccc3c(c2)OCO3)O1. The zero-order valence-electron chi connectivity index (χ0n) is 8.67. The van der Waals surface area contributed by atoms with Gasteiger partial charge in [-0.2, -0.15) is 0 Å². The average molecular weight is 236 g/mol. The second-order valence-corrected chi connectivity index (χ2v) is 3.60. The zero-order chi connectivity index (χ0) is 11.8. The Labute approximate surface area is 96.0 Å². The van der Waals surface area contributed by atoms with Crippen molar-refractivity contribution in [2.24, 2.45) is 0 Å². The quantitative estimate of drug-likeness (QED) is 0.533. The summed E-state index contributed by atoms with van der Waals surface area (Å²) in [5.74, 6) is -0.0322. The summed E-state index contributed by atoms with van der Waals surface area (Å²) in [5, 5.41) is 0. The van der Waals surface area contributed by atoms with Crippen LogP contribution in [0.15, 0.2) is 18.2 Å². The first-order chi connectivity index (χ1) is 8.22. The summed E-state index contributed by atoms with van der Waals surface area (Å²) in [4.78, 5) is 22.2. The molecular weight excluding hydrogens is 228 g/mol. The molecule has 1 saturated heterocycles. The van der Waals surface area contributed by atoms with Crippen molar-refractivity contribution in [2.75, 3.05) is 6.79 Å². The smallest absolute Gasteiger partial charge is 0.320 e. The number of ether oxygens (including phenoxy) is 4. The minimum absolute atomic E-state index is 0.156. The molecule has 2 aliphatic rings. The molecule has 6 heteroatoms.